The van der Waals surface area contributed by atoms with Gasteiger partial charge in [-0.2, -0.15) is 0 Å². The predicted molar refractivity (Wildman–Crippen MR) is 89.0 cm³/mol. The van der Waals surface area contributed by atoms with E-state index in [0.29, 0.717) is 25.5 Å². The molecule has 2 unspecified atom stereocenters. The zero-order chi connectivity index (χ0) is 16.0. The van der Waals surface area contributed by atoms with E-state index in [-0.39, 0.29) is 5.92 Å². The minimum atomic E-state index is -0.450. The molecular weight excluding hydrogens is 262 g/mol. The van der Waals surface area contributed by atoms with Crippen LogP contribution in [0.2, 0.25) is 0 Å². The van der Waals surface area contributed by atoms with Crippen LogP contribution in [-0.4, -0.2) is 24.4 Å². The molecular formula is C18H31NO2. The Bertz CT molecular complexity index is 443. The topological polar surface area (TPSA) is 55.5 Å². The number of benzene rings is 1. The zero-order valence-electron chi connectivity index (χ0n) is 14.1. The van der Waals surface area contributed by atoms with Crippen molar-refractivity contribution in [3.05, 3.63) is 28.8 Å². The van der Waals surface area contributed by atoms with E-state index < -0.39 is 6.10 Å². The number of rotatable bonds is 8. The van der Waals surface area contributed by atoms with Crippen LogP contribution in [0.5, 0.6) is 5.75 Å². The van der Waals surface area contributed by atoms with Crippen molar-refractivity contribution in [1.29, 1.82) is 0 Å². The molecule has 0 radical (unpaired) electrons. The van der Waals surface area contributed by atoms with Crippen molar-refractivity contribution < 1.29 is 9.84 Å². The maximum absolute atomic E-state index is 9.90. The second-order valence-corrected chi connectivity index (χ2v) is 6.44. The molecule has 1 rings (SSSR count). The van der Waals surface area contributed by atoms with Gasteiger partial charge in [-0.25, -0.2) is 0 Å². The Hall–Kier alpha value is -1.06. The van der Waals surface area contributed by atoms with Crippen LogP contribution in [-0.2, 0) is 0 Å². The molecule has 0 bridgehead atoms. The van der Waals surface area contributed by atoms with E-state index in [1.54, 1.807) is 0 Å². The average molecular weight is 293 g/mol. The molecule has 1 aromatic rings. The Morgan fingerprint density at radius 3 is 2.43 bits per heavy atom. The molecule has 0 heterocycles. The summed E-state index contributed by atoms with van der Waals surface area (Å²) in [6, 6.07) is 4.35. The first kappa shape index (κ1) is 18.0. The first-order chi connectivity index (χ1) is 9.88. The molecule has 1 aromatic carbocycles. The number of hydrogen-bond acceptors (Lipinski definition) is 3. The Balaban J connectivity index is 3.11. The summed E-state index contributed by atoms with van der Waals surface area (Å²) >= 11 is 0. The second kappa shape index (κ2) is 8.40. The summed E-state index contributed by atoms with van der Waals surface area (Å²) in [5.74, 6) is 1.77. The van der Waals surface area contributed by atoms with Crippen molar-refractivity contribution in [1.82, 2.24) is 0 Å². The van der Waals surface area contributed by atoms with E-state index in [4.69, 9.17) is 10.5 Å². The lowest BCUT2D eigenvalue weighted by atomic mass is 9.88. The number of hydrogen-bond donors (Lipinski definition) is 2. The summed E-state index contributed by atoms with van der Waals surface area (Å²) in [6.45, 7) is 11.7. The first-order valence-corrected chi connectivity index (χ1v) is 8.01. The van der Waals surface area contributed by atoms with E-state index >= 15 is 0 Å². The molecule has 0 saturated heterocycles. The molecule has 2 atom stereocenters. The molecule has 0 fully saturated rings. The Morgan fingerprint density at radius 1 is 1.24 bits per heavy atom. The van der Waals surface area contributed by atoms with Gasteiger partial charge in [-0.15, -0.1) is 0 Å². The highest BCUT2D eigenvalue weighted by Gasteiger charge is 2.20. The van der Waals surface area contributed by atoms with Gasteiger partial charge in [-0.1, -0.05) is 38.5 Å². The molecule has 0 spiro atoms. The highest BCUT2D eigenvalue weighted by atomic mass is 16.5. The molecule has 0 aliphatic heterocycles. The van der Waals surface area contributed by atoms with Crippen molar-refractivity contribution in [2.75, 3.05) is 13.2 Å². The minimum Gasteiger partial charge on any atom is -0.493 e. The lowest BCUT2D eigenvalue weighted by molar-refractivity contribution is 0.161. The number of ether oxygens (including phenoxy) is 1. The summed E-state index contributed by atoms with van der Waals surface area (Å²) in [5.41, 5.74) is 9.19. The van der Waals surface area contributed by atoms with Crippen molar-refractivity contribution in [2.45, 2.75) is 59.5 Å². The largest absolute Gasteiger partial charge is 0.493 e. The molecule has 120 valence electrons. The SMILES string of the molecule is CCC(CC(O)CN)c1cc(C)cc(C)c1OCC(C)C. The van der Waals surface area contributed by atoms with Crippen molar-refractivity contribution in [3.8, 4) is 5.75 Å². The quantitative estimate of drug-likeness (QED) is 0.771. The molecule has 3 N–H and O–H groups in total. The van der Waals surface area contributed by atoms with Crippen LogP contribution in [0.3, 0.4) is 0 Å². The summed E-state index contributed by atoms with van der Waals surface area (Å²) in [6.07, 6.45) is 1.21. The lowest BCUT2D eigenvalue weighted by Crippen LogP contribution is -2.22. The van der Waals surface area contributed by atoms with Crippen LogP contribution in [0.4, 0.5) is 0 Å². The van der Waals surface area contributed by atoms with Gasteiger partial charge in [0.2, 0.25) is 0 Å². The van der Waals surface area contributed by atoms with Gasteiger partial charge >= 0.3 is 0 Å². The van der Waals surface area contributed by atoms with E-state index in [0.717, 1.165) is 12.2 Å². The van der Waals surface area contributed by atoms with Crippen LogP contribution in [0, 0.1) is 19.8 Å². The lowest BCUT2D eigenvalue weighted by Gasteiger charge is -2.24. The Labute approximate surface area is 129 Å². The van der Waals surface area contributed by atoms with Crippen LogP contribution < -0.4 is 10.5 Å². The van der Waals surface area contributed by atoms with Gasteiger partial charge in [0.15, 0.2) is 0 Å². The fourth-order valence-corrected chi connectivity index (χ4v) is 2.68. The van der Waals surface area contributed by atoms with Crippen LogP contribution in [0.15, 0.2) is 12.1 Å². The van der Waals surface area contributed by atoms with Crippen LogP contribution in [0.25, 0.3) is 0 Å². The molecule has 0 saturated carbocycles. The first-order valence-electron chi connectivity index (χ1n) is 8.01. The molecule has 0 amide bonds. The average Bonchev–Trinajstić information content (AvgIpc) is 2.42. The zero-order valence-corrected chi connectivity index (χ0v) is 14.1. The number of nitrogens with two attached hydrogens (primary N) is 1. The van der Waals surface area contributed by atoms with Gasteiger partial charge in [0.05, 0.1) is 12.7 Å². The van der Waals surface area contributed by atoms with E-state index in [1.807, 2.05) is 0 Å². The maximum atomic E-state index is 9.90. The van der Waals surface area contributed by atoms with Crippen molar-refractivity contribution in [3.63, 3.8) is 0 Å². The molecule has 3 heteroatoms. The summed E-state index contributed by atoms with van der Waals surface area (Å²) < 4.78 is 6.07. The highest BCUT2D eigenvalue weighted by molar-refractivity contribution is 5.45. The van der Waals surface area contributed by atoms with Crippen molar-refractivity contribution in [2.24, 2.45) is 11.7 Å². The summed E-state index contributed by atoms with van der Waals surface area (Å²) in [4.78, 5) is 0. The molecule has 0 aliphatic rings. The molecule has 21 heavy (non-hydrogen) atoms. The van der Waals surface area contributed by atoms with Gasteiger partial charge < -0.3 is 15.6 Å². The standard InChI is InChI=1S/C18H31NO2/c1-6-15(9-16(20)10-19)17-8-13(4)7-14(5)18(17)21-11-12(2)3/h7-8,12,15-16,20H,6,9-11,19H2,1-5H3. The van der Waals surface area contributed by atoms with Crippen molar-refractivity contribution >= 4 is 0 Å². The third kappa shape index (κ3) is 5.33. The molecule has 0 aliphatic carbocycles. The Morgan fingerprint density at radius 2 is 1.90 bits per heavy atom. The maximum Gasteiger partial charge on any atom is 0.125 e. The van der Waals surface area contributed by atoms with Gasteiger partial charge in [0.25, 0.3) is 0 Å². The highest BCUT2D eigenvalue weighted by Crippen LogP contribution is 2.36. The van der Waals surface area contributed by atoms with Gasteiger partial charge in [0, 0.05) is 6.54 Å². The Kier molecular flexibility index (Phi) is 7.20. The second-order valence-electron chi connectivity index (χ2n) is 6.44. The van der Waals surface area contributed by atoms with E-state index in [1.165, 1.54) is 16.7 Å². The van der Waals surface area contributed by atoms with E-state index in [2.05, 4.69) is 46.8 Å². The predicted octanol–water partition coefficient (Wildman–Crippen LogP) is 3.54. The minimum absolute atomic E-state index is 0.282. The van der Waals surface area contributed by atoms with Gasteiger partial charge in [0.1, 0.15) is 5.75 Å². The van der Waals surface area contributed by atoms with Crippen LogP contribution >= 0.6 is 0 Å². The van der Waals surface area contributed by atoms with E-state index in [9.17, 15) is 5.11 Å². The number of aliphatic hydroxyl groups is 1. The normalized spacial score (nSPS) is 14.3. The third-order valence-electron chi connectivity index (χ3n) is 3.77. The smallest absolute Gasteiger partial charge is 0.125 e. The number of aliphatic hydroxyl groups excluding tert-OH is 1. The fraction of sp³-hybridized carbons (Fsp3) is 0.667. The number of aryl methyl sites for hydroxylation is 2. The van der Waals surface area contributed by atoms with Gasteiger partial charge in [-0.05, 0) is 49.7 Å². The van der Waals surface area contributed by atoms with Crippen LogP contribution in [0.1, 0.15) is 56.2 Å². The monoisotopic (exact) mass is 293 g/mol. The summed E-state index contributed by atoms with van der Waals surface area (Å²) in [7, 11) is 0. The molecule has 0 aromatic heterocycles. The fourth-order valence-electron chi connectivity index (χ4n) is 2.68. The van der Waals surface area contributed by atoms with Gasteiger partial charge in [-0.3, -0.25) is 0 Å². The summed E-state index contributed by atoms with van der Waals surface area (Å²) in [5, 5.41) is 9.90. The molecule has 3 nitrogen and oxygen atoms in total. The third-order valence-corrected chi connectivity index (χ3v) is 3.77.